The van der Waals surface area contributed by atoms with Crippen LogP contribution in [-0.4, -0.2) is 24.2 Å². The summed E-state index contributed by atoms with van der Waals surface area (Å²) in [6.07, 6.45) is 0.760. The van der Waals surface area contributed by atoms with Crippen molar-refractivity contribution in [2.45, 2.75) is 20.3 Å². The van der Waals surface area contributed by atoms with Gasteiger partial charge < -0.3 is 10.4 Å². The molecule has 0 bridgehead atoms. The molecule has 4 heteroatoms. The van der Waals surface area contributed by atoms with Crippen LogP contribution in [0.4, 0.5) is 4.39 Å². The molecule has 0 radical (unpaired) electrons. The van der Waals surface area contributed by atoms with Crippen molar-refractivity contribution in [3.05, 3.63) is 35.6 Å². The summed E-state index contributed by atoms with van der Waals surface area (Å²) in [5, 5.41) is 12.0. The van der Waals surface area contributed by atoms with E-state index < -0.39 is 11.4 Å². The molecule has 0 aliphatic carbocycles. The molecule has 3 nitrogen and oxygen atoms in total. The van der Waals surface area contributed by atoms with Gasteiger partial charge in [0.05, 0.1) is 5.41 Å². The fourth-order valence-electron chi connectivity index (χ4n) is 1.36. The molecule has 0 unspecified atom stereocenters. The van der Waals surface area contributed by atoms with Gasteiger partial charge >= 0.3 is 5.97 Å². The van der Waals surface area contributed by atoms with Crippen molar-refractivity contribution >= 4 is 5.97 Å². The zero-order chi connectivity index (χ0) is 12.9. The Morgan fingerprint density at radius 3 is 2.47 bits per heavy atom. The molecule has 0 aliphatic heterocycles. The van der Waals surface area contributed by atoms with Gasteiger partial charge in [-0.1, -0.05) is 12.1 Å². The van der Waals surface area contributed by atoms with Crippen molar-refractivity contribution in [1.82, 2.24) is 5.32 Å². The molecule has 0 heterocycles. The average Bonchev–Trinajstić information content (AvgIpc) is 2.26. The van der Waals surface area contributed by atoms with E-state index in [0.717, 1.165) is 12.0 Å². The first kappa shape index (κ1) is 13.6. The van der Waals surface area contributed by atoms with Crippen molar-refractivity contribution in [3.8, 4) is 0 Å². The SMILES string of the molecule is CC(C)(CNCCc1ccc(F)cc1)C(=O)O. The molecule has 0 fully saturated rings. The van der Waals surface area contributed by atoms with Gasteiger partial charge in [0.2, 0.25) is 0 Å². The van der Waals surface area contributed by atoms with Gasteiger partial charge in [0.25, 0.3) is 0 Å². The second kappa shape index (κ2) is 5.77. The number of carboxylic acid groups (broad SMARTS) is 1. The van der Waals surface area contributed by atoms with Crippen LogP contribution >= 0.6 is 0 Å². The van der Waals surface area contributed by atoms with Gasteiger partial charge in [0, 0.05) is 6.54 Å². The van der Waals surface area contributed by atoms with E-state index in [2.05, 4.69) is 5.32 Å². The van der Waals surface area contributed by atoms with Crippen LogP contribution in [0.5, 0.6) is 0 Å². The summed E-state index contributed by atoms with van der Waals surface area (Å²) in [5.74, 6) is -1.06. The number of carboxylic acids is 1. The molecular weight excluding hydrogens is 221 g/mol. The van der Waals surface area contributed by atoms with Crippen molar-refractivity contribution in [3.63, 3.8) is 0 Å². The Labute approximate surface area is 101 Å². The first-order valence-electron chi connectivity index (χ1n) is 5.60. The van der Waals surface area contributed by atoms with Crippen molar-refractivity contribution in [1.29, 1.82) is 0 Å². The van der Waals surface area contributed by atoms with E-state index in [1.165, 1.54) is 12.1 Å². The fourth-order valence-corrected chi connectivity index (χ4v) is 1.36. The highest BCUT2D eigenvalue weighted by atomic mass is 19.1. The number of hydrogen-bond donors (Lipinski definition) is 2. The summed E-state index contributed by atoms with van der Waals surface area (Å²) in [7, 11) is 0. The summed E-state index contributed by atoms with van der Waals surface area (Å²) < 4.78 is 12.6. The topological polar surface area (TPSA) is 49.3 Å². The van der Waals surface area contributed by atoms with Crippen molar-refractivity contribution in [2.24, 2.45) is 5.41 Å². The molecule has 17 heavy (non-hydrogen) atoms. The number of benzene rings is 1. The minimum Gasteiger partial charge on any atom is -0.481 e. The molecule has 0 spiro atoms. The van der Waals surface area contributed by atoms with Crippen LogP contribution < -0.4 is 5.32 Å². The van der Waals surface area contributed by atoms with Crippen LogP contribution in [0.3, 0.4) is 0 Å². The zero-order valence-corrected chi connectivity index (χ0v) is 10.2. The molecule has 1 aromatic carbocycles. The van der Waals surface area contributed by atoms with E-state index in [4.69, 9.17) is 5.11 Å². The van der Waals surface area contributed by atoms with Gasteiger partial charge in [-0.15, -0.1) is 0 Å². The van der Waals surface area contributed by atoms with Gasteiger partial charge in [-0.25, -0.2) is 4.39 Å². The van der Waals surface area contributed by atoms with Crippen LogP contribution in [0.1, 0.15) is 19.4 Å². The second-order valence-corrected chi connectivity index (χ2v) is 4.74. The van der Waals surface area contributed by atoms with E-state index >= 15 is 0 Å². The van der Waals surface area contributed by atoms with Crippen LogP contribution in [0, 0.1) is 11.2 Å². The van der Waals surface area contributed by atoms with Crippen molar-refractivity contribution in [2.75, 3.05) is 13.1 Å². The lowest BCUT2D eigenvalue weighted by Gasteiger charge is -2.19. The molecule has 0 saturated heterocycles. The highest BCUT2D eigenvalue weighted by Gasteiger charge is 2.26. The van der Waals surface area contributed by atoms with Gasteiger partial charge in [0.1, 0.15) is 5.82 Å². The summed E-state index contributed by atoms with van der Waals surface area (Å²) in [4.78, 5) is 10.8. The third kappa shape index (κ3) is 4.53. The van der Waals surface area contributed by atoms with Crippen LogP contribution in [0.25, 0.3) is 0 Å². The van der Waals surface area contributed by atoms with Gasteiger partial charge in [-0.3, -0.25) is 4.79 Å². The summed E-state index contributed by atoms with van der Waals surface area (Å²) in [6, 6.07) is 6.33. The van der Waals surface area contributed by atoms with E-state index in [1.807, 2.05) is 0 Å². The number of halogens is 1. The third-order valence-electron chi connectivity index (χ3n) is 2.65. The molecular formula is C13H18FNO2. The summed E-state index contributed by atoms with van der Waals surface area (Å²) in [6.45, 7) is 4.46. The monoisotopic (exact) mass is 239 g/mol. The fraction of sp³-hybridized carbons (Fsp3) is 0.462. The lowest BCUT2D eigenvalue weighted by atomic mass is 9.94. The smallest absolute Gasteiger partial charge is 0.310 e. The maximum Gasteiger partial charge on any atom is 0.310 e. The molecule has 1 rings (SSSR count). The number of rotatable bonds is 6. The molecule has 0 aromatic heterocycles. The first-order chi connectivity index (χ1) is 7.92. The molecule has 0 atom stereocenters. The van der Waals surface area contributed by atoms with Gasteiger partial charge in [0.15, 0.2) is 0 Å². The zero-order valence-electron chi connectivity index (χ0n) is 10.2. The maximum absolute atomic E-state index is 12.6. The molecule has 2 N–H and O–H groups in total. The Hall–Kier alpha value is -1.42. The van der Waals surface area contributed by atoms with Crippen LogP contribution in [-0.2, 0) is 11.2 Å². The first-order valence-corrected chi connectivity index (χ1v) is 5.60. The largest absolute Gasteiger partial charge is 0.481 e. The van der Waals surface area contributed by atoms with E-state index in [1.54, 1.807) is 26.0 Å². The van der Waals surface area contributed by atoms with Crippen LogP contribution in [0.2, 0.25) is 0 Å². The highest BCUT2D eigenvalue weighted by Crippen LogP contribution is 2.13. The predicted octanol–water partition coefficient (Wildman–Crippen LogP) is 2.07. The second-order valence-electron chi connectivity index (χ2n) is 4.74. The standard InChI is InChI=1S/C13H18FNO2/c1-13(2,12(16)17)9-15-8-7-10-3-5-11(14)6-4-10/h3-6,15H,7-9H2,1-2H3,(H,16,17). The van der Waals surface area contributed by atoms with Crippen molar-refractivity contribution < 1.29 is 14.3 Å². The Morgan fingerprint density at radius 2 is 1.94 bits per heavy atom. The molecule has 0 amide bonds. The summed E-state index contributed by atoms with van der Waals surface area (Å²) >= 11 is 0. The number of carbonyl (C=O) groups is 1. The van der Waals surface area contributed by atoms with E-state index in [9.17, 15) is 9.18 Å². The third-order valence-corrected chi connectivity index (χ3v) is 2.65. The van der Waals surface area contributed by atoms with E-state index in [0.29, 0.717) is 13.1 Å². The Balaban J connectivity index is 2.29. The predicted molar refractivity (Wildman–Crippen MR) is 64.4 cm³/mol. The minimum atomic E-state index is -0.813. The van der Waals surface area contributed by atoms with Gasteiger partial charge in [-0.05, 0) is 44.5 Å². The Kier molecular flexibility index (Phi) is 4.63. The maximum atomic E-state index is 12.6. The minimum absolute atomic E-state index is 0.242. The summed E-state index contributed by atoms with van der Waals surface area (Å²) in [5.41, 5.74) is 0.273. The quantitative estimate of drug-likeness (QED) is 0.747. The number of aliphatic carboxylic acids is 1. The lowest BCUT2D eigenvalue weighted by Crippen LogP contribution is -2.36. The Bertz CT molecular complexity index is 374. The average molecular weight is 239 g/mol. The number of nitrogens with one attached hydrogen (secondary N) is 1. The highest BCUT2D eigenvalue weighted by molar-refractivity contribution is 5.73. The number of hydrogen-bond acceptors (Lipinski definition) is 2. The van der Waals surface area contributed by atoms with Crippen LogP contribution in [0.15, 0.2) is 24.3 Å². The van der Waals surface area contributed by atoms with E-state index in [-0.39, 0.29) is 5.82 Å². The Morgan fingerprint density at radius 1 is 1.35 bits per heavy atom. The normalized spacial score (nSPS) is 11.5. The molecule has 94 valence electrons. The molecule has 1 aromatic rings. The molecule has 0 aliphatic rings. The lowest BCUT2D eigenvalue weighted by molar-refractivity contribution is -0.146. The van der Waals surface area contributed by atoms with Gasteiger partial charge in [-0.2, -0.15) is 0 Å². The molecule has 0 saturated carbocycles.